The predicted molar refractivity (Wildman–Crippen MR) is 123 cm³/mol. The van der Waals surface area contributed by atoms with Crippen molar-refractivity contribution in [2.24, 2.45) is 0 Å². The van der Waals surface area contributed by atoms with Crippen LogP contribution in [-0.2, 0) is 4.74 Å². The second-order valence-corrected chi connectivity index (χ2v) is 9.15. The molecule has 1 aliphatic heterocycles. The number of nitrogens with one attached hydrogen (secondary N) is 1. The molecule has 1 fully saturated rings. The first kappa shape index (κ1) is 21.0. The van der Waals surface area contributed by atoms with E-state index in [4.69, 9.17) is 9.72 Å². The Balaban J connectivity index is 1.60. The van der Waals surface area contributed by atoms with Gasteiger partial charge in [0.2, 0.25) is 0 Å². The molecule has 0 aliphatic carbocycles. The fourth-order valence-electron chi connectivity index (χ4n) is 3.94. The first-order chi connectivity index (χ1) is 14.5. The number of rotatable bonds is 6. The maximum absolute atomic E-state index is 13.5. The summed E-state index contributed by atoms with van der Waals surface area (Å²) in [5.74, 6) is 0.0316. The molecule has 4 rings (SSSR count). The standard InChI is InChI=1S/C24H29N3O2S/c1-17-6-4-7-20(16-17)23(28)27(11-5-10-26-12-14-29-15-13-26)24-25-22-19(3)18(2)8-9-21(22)30-24/h4,6-9,16H,5,10-15H2,1-3H3/p+1. The molecular formula is C24H30N3O2S+. The van der Waals surface area contributed by atoms with Crippen LogP contribution in [-0.4, -0.2) is 50.3 Å². The molecule has 158 valence electrons. The Hall–Kier alpha value is -2.28. The number of ether oxygens (including phenoxy) is 1. The van der Waals surface area contributed by atoms with E-state index in [0.717, 1.165) is 65.7 Å². The van der Waals surface area contributed by atoms with Crippen molar-refractivity contribution in [2.45, 2.75) is 27.2 Å². The van der Waals surface area contributed by atoms with Crippen LogP contribution < -0.4 is 9.80 Å². The normalized spacial score (nSPS) is 14.9. The molecule has 1 amide bonds. The molecule has 5 nitrogen and oxygen atoms in total. The third-order valence-corrected chi connectivity index (χ3v) is 6.97. The first-order valence-electron chi connectivity index (χ1n) is 10.7. The molecule has 3 aromatic rings. The smallest absolute Gasteiger partial charge is 0.260 e. The summed E-state index contributed by atoms with van der Waals surface area (Å²) >= 11 is 1.61. The van der Waals surface area contributed by atoms with Gasteiger partial charge in [-0.05, 0) is 50.1 Å². The molecule has 0 bridgehead atoms. The number of carbonyl (C=O) groups is 1. The minimum Gasteiger partial charge on any atom is -0.370 e. The Labute approximate surface area is 182 Å². The summed E-state index contributed by atoms with van der Waals surface area (Å²) in [5, 5.41) is 0.794. The second kappa shape index (κ2) is 9.25. The Morgan fingerprint density at radius 1 is 1.17 bits per heavy atom. The minimum atomic E-state index is 0.0316. The van der Waals surface area contributed by atoms with Gasteiger partial charge in [-0.15, -0.1) is 0 Å². The first-order valence-corrected chi connectivity index (χ1v) is 11.5. The molecule has 2 aromatic carbocycles. The van der Waals surface area contributed by atoms with E-state index in [1.165, 1.54) is 11.1 Å². The fourth-order valence-corrected chi connectivity index (χ4v) is 4.99. The van der Waals surface area contributed by atoms with Crippen molar-refractivity contribution in [3.05, 3.63) is 58.7 Å². The quantitative estimate of drug-likeness (QED) is 0.661. The summed E-state index contributed by atoms with van der Waals surface area (Å²) in [6, 6.07) is 12.1. The topological polar surface area (TPSA) is 46.9 Å². The summed E-state index contributed by atoms with van der Waals surface area (Å²) in [7, 11) is 0. The molecule has 1 aliphatic rings. The molecule has 0 unspecified atom stereocenters. The van der Waals surface area contributed by atoms with Crippen LogP contribution in [0.5, 0.6) is 0 Å². The number of hydrogen-bond donors (Lipinski definition) is 1. The number of nitrogens with zero attached hydrogens (tertiary/aromatic N) is 2. The van der Waals surface area contributed by atoms with E-state index in [0.29, 0.717) is 6.54 Å². The summed E-state index contributed by atoms with van der Waals surface area (Å²) in [4.78, 5) is 21.8. The van der Waals surface area contributed by atoms with Gasteiger partial charge in [-0.1, -0.05) is 35.1 Å². The number of carbonyl (C=O) groups excluding carboxylic acids is 1. The van der Waals surface area contributed by atoms with E-state index >= 15 is 0 Å². The zero-order valence-corrected chi connectivity index (χ0v) is 18.8. The largest absolute Gasteiger partial charge is 0.370 e. The van der Waals surface area contributed by atoms with Gasteiger partial charge in [0.25, 0.3) is 5.91 Å². The van der Waals surface area contributed by atoms with Crippen molar-refractivity contribution >= 4 is 32.6 Å². The lowest BCUT2D eigenvalue weighted by atomic mass is 10.1. The van der Waals surface area contributed by atoms with Crippen LogP contribution in [0.25, 0.3) is 10.2 Å². The van der Waals surface area contributed by atoms with Crippen LogP contribution in [0.4, 0.5) is 5.13 Å². The number of hydrogen-bond acceptors (Lipinski definition) is 4. The Bertz CT molecular complexity index is 1040. The number of amides is 1. The Morgan fingerprint density at radius 3 is 2.73 bits per heavy atom. The molecule has 1 saturated heterocycles. The van der Waals surface area contributed by atoms with Crippen molar-refractivity contribution in [3.63, 3.8) is 0 Å². The van der Waals surface area contributed by atoms with Crippen molar-refractivity contribution in [2.75, 3.05) is 44.3 Å². The lowest BCUT2D eigenvalue weighted by Gasteiger charge is -2.25. The van der Waals surface area contributed by atoms with E-state index in [9.17, 15) is 4.79 Å². The van der Waals surface area contributed by atoms with Gasteiger partial charge >= 0.3 is 0 Å². The minimum absolute atomic E-state index is 0.0316. The molecule has 1 N–H and O–H groups in total. The Kier molecular flexibility index (Phi) is 6.46. The third-order valence-electron chi connectivity index (χ3n) is 5.93. The highest BCUT2D eigenvalue weighted by molar-refractivity contribution is 7.22. The number of anilines is 1. The summed E-state index contributed by atoms with van der Waals surface area (Å²) in [5.41, 5.74) is 5.24. The van der Waals surface area contributed by atoms with E-state index in [1.807, 2.05) is 36.1 Å². The molecule has 0 saturated carbocycles. The van der Waals surface area contributed by atoms with Crippen molar-refractivity contribution in [3.8, 4) is 0 Å². The molecular weight excluding hydrogens is 394 g/mol. The van der Waals surface area contributed by atoms with Crippen LogP contribution in [0.1, 0.15) is 33.5 Å². The number of quaternary nitrogens is 1. The van der Waals surface area contributed by atoms with Crippen LogP contribution in [0, 0.1) is 20.8 Å². The highest BCUT2D eigenvalue weighted by Gasteiger charge is 2.23. The number of thiazole rings is 1. The van der Waals surface area contributed by atoms with Gasteiger partial charge in [0, 0.05) is 18.5 Å². The zero-order valence-electron chi connectivity index (χ0n) is 18.0. The van der Waals surface area contributed by atoms with E-state index in [1.54, 1.807) is 16.2 Å². The predicted octanol–water partition coefficient (Wildman–Crippen LogP) is 3.17. The van der Waals surface area contributed by atoms with Gasteiger partial charge in [0.15, 0.2) is 5.13 Å². The Morgan fingerprint density at radius 2 is 1.97 bits per heavy atom. The highest BCUT2D eigenvalue weighted by atomic mass is 32.1. The average molecular weight is 425 g/mol. The lowest BCUT2D eigenvalue weighted by molar-refractivity contribution is -0.908. The molecule has 1 aromatic heterocycles. The molecule has 2 heterocycles. The van der Waals surface area contributed by atoms with E-state index in [2.05, 4.69) is 26.0 Å². The van der Waals surface area contributed by atoms with Crippen LogP contribution in [0.15, 0.2) is 36.4 Å². The van der Waals surface area contributed by atoms with Crippen LogP contribution >= 0.6 is 11.3 Å². The van der Waals surface area contributed by atoms with Crippen molar-refractivity contribution < 1.29 is 14.4 Å². The molecule has 6 heteroatoms. The van der Waals surface area contributed by atoms with E-state index in [-0.39, 0.29) is 5.91 Å². The number of benzene rings is 2. The zero-order chi connectivity index (χ0) is 21.1. The highest BCUT2D eigenvalue weighted by Crippen LogP contribution is 2.32. The number of fused-ring (bicyclic) bond motifs is 1. The van der Waals surface area contributed by atoms with Gasteiger partial charge in [0.05, 0.1) is 30.0 Å². The number of morpholine rings is 1. The molecule has 0 radical (unpaired) electrons. The monoisotopic (exact) mass is 424 g/mol. The van der Waals surface area contributed by atoms with E-state index < -0.39 is 0 Å². The maximum Gasteiger partial charge on any atom is 0.260 e. The van der Waals surface area contributed by atoms with Crippen LogP contribution in [0.3, 0.4) is 0 Å². The van der Waals surface area contributed by atoms with Gasteiger partial charge < -0.3 is 9.64 Å². The van der Waals surface area contributed by atoms with Gasteiger partial charge in [0.1, 0.15) is 13.1 Å². The molecule has 0 spiro atoms. The summed E-state index contributed by atoms with van der Waals surface area (Å²) in [6.45, 7) is 11.7. The number of aryl methyl sites for hydroxylation is 3. The van der Waals surface area contributed by atoms with Gasteiger partial charge in [-0.3, -0.25) is 9.69 Å². The molecule has 0 atom stereocenters. The summed E-state index contributed by atoms with van der Waals surface area (Å²) < 4.78 is 6.60. The summed E-state index contributed by atoms with van der Waals surface area (Å²) in [6.07, 6.45) is 0.945. The molecule has 30 heavy (non-hydrogen) atoms. The van der Waals surface area contributed by atoms with Crippen molar-refractivity contribution in [1.29, 1.82) is 0 Å². The van der Waals surface area contributed by atoms with Gasteiger partial charge in [-0.2, -0.15) is 0 Å². The fraction of sp³-hybridized carbons (Fsp3) is 0.417. The number of aromatic nitrogens is 1. The van der Waals surface area contributed by atoms with Gasteiger partial charge in [-0.25, -0.2) is 4.98 Å². The van der Waals surface area contributed by atoms with Crippen molar-refractivity contribution in [1.82, 2.24) is 4.98 Å². The van der Waals surface area contributed by atoms with Crippen LogP contribution in [0.2, 0.25) is 0 Å². The lowest BCUT2D eigenvalue weighted by Crippen LogP contribution is -3.14. The second-order valence-electron chi connectivity index (χ2n) is 8.14. The SMILES string of the molecule is Cc1cccc(C(=O)N(CCC[NH+]2CCOCC2)c2nc3c(C)c(C)ccc3s2)c1. The maximum atomic E-state index is 13.5. The average Bonchev–Trinajstić information content (AvgIpc) is 3.19. The third kappa shape index (κ3) is 4.56.